The van der Waals surface area contributed by atoms with Gasteiger partial charge in [0, 0.05) is 0 Å². The highest BCUT2D eigenvalue weighted by atomic mass is 14.3. The van der Waals surface area contributed by atoms with Crippen molar-refractivity contribution in [1.82, 2.24) is 0 Å². The van der Waals surface area contributed by atoms with E-state index in [-0.39, 0.29) is 0 Å². The maximum absolute atomic E-state index is 2.37. The molecule has 0 aliphatic carbocycles. The molecule has 0 rings (SSSR count). The van der Waals surface area contributed by atoms with Gasteiger partial charge >= 0.3 is 0 Å². The maximum atomic E-state index is 2.37. The van der Waals surface area contributed by atoms with E-state index in [4.69, 9.17) is 0 Å². The van der Waals surface area contributed by atoms with E-state index in [9.17, 15) is 0 Å². The molecule has 0 saturated heterocycles. The van der Waals surface area contributed by atoms with Gasteiger partial charge in [-0.2, -0.15) is 0 Å². The van der Waals surface area contributed by atoms with Crippen molar-refractivity contribution in [2.45, 2.75) is 79.6 Å². The molecule has 0 aromatic heterocycles. The summed E-state index contributed by atoms with van der Waals surface area (Å²) in [4.78, 5) is 0. The lowest BCUT2D eigenvalue weighted by molar-refractivity contribution is 0.205. The van der Waals surface area contributed by atoms with E-state index < -0.39 is 0 Å². The Bertz CT molecular complexity index is 120. The van der Waals surface area contributed by atoms with Crippen LogP contribution >= 0.6 is 0 Å². The van der Waals surface area contributed by atoms with Crippen molar-refractivity contribution in [3.05, 3.63) is 0 Å². The quantitative estimate of drug-likeness (QED) is 0.488. The predicted molar refractivity (Wildman–Crippen MR) is 66.6 cm³/mol. The van der Waals surface area contributed by atoms with Crippen LogP contribution in [0.2, 0.25) is 0 Å². The van der Waals surface area contributed by atoms with E-state index in [0.717, 1.165) is 5.92 Å². The maximum Gasteiger partial charge on any atom is -0.0303 e. The van der Waals surface area contributed by atoms with Gasteiger partial charge in [-0.15, -0.1) is 0 Å². The summed E-state index contributed by atoms with van der Waals surface area (Å²) in [5, 5.41) is 0. The minimum absolute atomic E-state index is 0.670. The standard InChI is InChI=1S/C14H30/c1-6-11-14(7-2,8-3)12-9-10-13(4)5/h13H,6-12H2,1-5H3. The minimum atomic E-state index is 0.670. The normalized spacial score (nSPS) is 12.4. The molecule has 0 heteroatoms. The van der Waals surface area contributed by atoms with Gasteiger partial charge in [0.25, 0.3) is 0 Å². The van der Waals surface area contributed by atoms with Gasteiger partial charge in [-0.05, 0) is 24.2 Å². The largest absolute Gasteiger partial charge is 0.0654 e. The van der Waals surface area contributed by atoms with Crippen LogP contribution in [0.5, 0.6) is 0 Å². The highest BCUT2D eigenvalue weighted by Crippen LogP contribution is 2.37. The minimum Gasteiger partial charge on any atom is -0.0654 e. The van der Waals surface area contributed by atoms with Gasteiger partial charge in [0.1, 0.15) is 0 Å². The summed E-state index contributed by atoms with van der Waals surface area (Å²) in [5.74, 6) is 0.878. The Morgan fingerprint density at radius 1 is 0.929 bits per heavy atom. The Morgan fingerprint density at radius 2 is 1.50 bits per heavy atom. The first-order valence-corrected chi connectivity index (χ1v) is 6.60. The number of hydrogen-bond acceptors (Lipinski definition) is 0. The molecule has 0 radical (unpaired) electrons. The summed E-state index contributed by atoms with van der Waals surface area (Å²) in [6.07, 6.45) is 9.81. The van der Waals surface area contributed by atoms with Gasteiger partial charge in [0.15, 0.2) is 0 Å². The fourth-order valence-corrected chi connectivity index (χ4v) is 2.50. The lowest BCUT2D eigenvalue weighted by Crippen LogP contribution is -2.18. The lowest BCUT2D eigenvalue weighted by Gasteiger charge is -2.32. The third kappa shape index (κ3) is 5.02. The van der Waals surface area contributed by atoms with Crippen LogP contribution in [0.3, 0.4) is 0 Å². The second-order valence-electron chi connectivity index (χ2n) is 5.24. The van der Waals surface area contributed by atoms with Crippen LogP contribution in [0.4, 0.5) is 0 Å². The van der Waals surface area contributed by atoms with Crippen LogP contribution in [0.15, 0.2) is 0 Å². The van der Waals surface area contributed by atoms with Gasteiger partial charge in [0.2, 0.25) is 0 Å². The Balaban J connectivity index is 3.94. The summed E-state index contributed by atoms with van der Waals surface area (Å²) < 4.78 is 0. The van der Waals surface area contributed by atoms with Gasteiger partial charge in [-0.25, -0.2) is 0 Å². The summed E-state index contributed by atoms with van der Waals surface area (Å²) in [7, 11) is 0. The van der Waals surface area contributed by atoms with E-state index >= 15 is 0 Å². The first-order valence-electron chi connectivity index (χ1n) is 6.60. The fraction of sp³-hybridized carbons (Fsp3) is 1.00. The molecule has 0 unspecified atom stereocenters. The molecule has 0 aliphatic rings. The predicted octanol–water partition coefficient (Wildman–Crippen LogP) is 5.42. The molecule has 0 spiro atoms. The summed E-state index contributed by atoms with van der Waals surface area (Å²) in [6, 6.07) is 0. The molecule has 0 aromatic rings. The van der Waals surface area contributed by atoms with Crippen molar-refractivity contribution >= 4 is 0 Å². The Kier molecular flexibility index (Phi) is 7.31. The zero-order valence-electron chi connectivity index (χ0n) is 11.0. The highest BCUT2D eigenvalue weighted by molar-refractivity contribution is 4.76. The van der Waals surface area contributed by atoms with Crippen LogP contribution in [0.1, 0.15) is 79.6 Å². The molecule has 0 bridgehead atoms. The SMILES string of the molecule is CCCC(CC)(CC)CCCC(C)C. The number of hydrogen-bond donors (Lipinski definition) is 0. The van der Waals surface area contributed by atoms with Gasteiger partial charge in [-0.1, -0.05) is 66.7 Å². The average molecular weight is 198 g/mol. The van der Waals surface area contributed by atoms with E-state index in [1.54, 1.807) is 0 Å². The summed E-state index contributed by atoms with van der Waals surface area (Å²) >= 11 is 0. The molecule has 0 amide bonds. The summed E-state index contributed by atoms with van der Waals surface area (Å²) in [6.45, 7) is 11.7. The molecule has 0 aliphatic heterocycles. The van der Waals surface area contributed by atoms with Gasteiger partial charge in [-0.3, -0.25) is 0 Å². The van der Waals surface area contributed by atoms with Crippen molar-refractivity contribution in [3.63, 3.8) is 0 Å². The third-order valence-corrected chi connectivity index (χ3v) is 3.77. The lowest BCUT2D eigenvalue weighted by atomic mass is 9.74. The van der Waals surface area contributed by atoms with Crippen molar-refractivity contribution in [2.24, 2.45) is 11.3 Å². The zero-order chi connectivity index (χ0) is 11.0. The van der Waals surface area contributed by atoms with Gasteiger partial charge in [0.05, 0.1) is 0 Å². The first-order chi connectivity index (χ1) is 6.60. The van der Waals surface area contributed by atoms with Crippen LogP contribution in [0, 0.1) is 11.3 Å². The van der Waals surface area contributed by atoms with Crippen LogP contribution < -0.4 is 0 Å². The highest BCUT2D eigenvalue weighted by Gasteiger charge is 2.24. The molecule has 0 aromatic carbocycles. The third-order valence-electron chi connectivity index (χ3n) is 3.77. The average Bonchev–Trinajstić information content (AvgIpc) is 2.16. The molecule has 0 fully saturated rings. The second-order valence-corrected chi connectivity index (χ2v) is 5.24. The molecule has 0 heterocycles. The van der Waals surface area contributed by atoms with E-state index in [1.807, 2.05) is 0 Å². The van der Waals surface area contributed by atoms with E-state index in [0.29, 0.717) is 5.41 Å². The van der Waals surface area contributed by atoms with Crippen LogP contribution in [0.25, 0.3) is 0 Å². The molecule has 0 N–H and O–H groups in total. The molecular formula is C14H30. The van der Waals surface area contributed by atoms with Crippen molar-refractivity contribution in [1.29, 1.82) is 0 Å². The molecular weight excluding hydrogens is 168 g/mol. The van der Waals surface area contributed by atoms with Crippen molar-refractivity contribution in [3.8, 4) is 0 Å². The zero-order valence-corrected chi connectivity index (χ0v) is 11.0. The van der Waals surface area contributed by atoms with Crippen LogP contribution in [-0.2, 0) is 0 Å². The summed E-state index contributed by atoms with van der Waals surface area (Å²) in [5.41, 5.74) is 0.670. The Labute approximate surface area is 91.5 Å². The smallest absolute Gasteiger partial charge is 0.0303 e. The molecule has 14 heavy (non-hydrogen) atoms. The van der Waals surface area contributed by atoms with Gasteiger partial charge < -0.3 is 0 Å². The molecule has 0 nitrogen and oxygen atoms in total. The number of rotatable bonds is 8. The Morgan fingerprint density at radius 3 is 1.86 bits per heavy atom. The molecule has 0 atom stereocenters. The van der Waals surface area contributed by atoms with Crippen molar-refractivity contribution in [2.75, 3.05) is 0 Å². The van der Waals surface area contributed by atoms with E-state index in [1.165, 1.54) is 44.9 Å². The van der Waals surface area contributed by atoms with E-state index in [2.05, 4.69) is 34.6 Å². The fourth-order valence-electron chi connectivity index (χ4n) is 2.50. The second kappa shape index (κ2) is 7.31. The van der Waals surface area contributed by atoms with Crippen molar-refractivity contribution < 1.29 is 0 Å². The van der Waals surface area contributed by atoms with Crippen LogP contribution in [-0.4, -0.2) is 0 Å². The monoisotopic (exact) mass is 198 g/mol. The topological polar surface area (TPSA) is 0 Å². The first kappa shape index (κ1) is 14.0. The molecule has 86 valence electrons. The molecule has 0 saturated carbocycles. The Hall–Kier alpha value is 0.